The van der Waals surface area contributed by atoms with Crippen molar-refractivity contribution in [1.29, 1.82) is 5.26 Å². The standard InChI is InChI=1S/C25H21FN2O2/c1-17-11-18(2)13-20(12-17)16-30-22-9-7-19(8-10-22)14-21(15-27)25(29)28-24-6-4-3-5-23(24)26/h3-14H,16H2,1-2H3,(H,28,29)/b21-14+. The van der Waals surface area contributed by atoms with E-state index in [4.69, 9.17) is 4.74 Å². The number of hydrogen-bond donors (Lipinski definition) is 1. The number of amides is 1. The minimum absolute atomic E-state index is 0.0267. The second-order valence-electron chi connectivity index (χ2n) is 6.96. The average molecular weight is 400 g/mol. The van der Waals surface area contributed by atoms with Crippen molar-refractivity contribution in [2.75, 3.05) is 5.32 Å². The molecule has 0 bridgehead atoms. The summed E-state index contributed by atoms with van der Waals surface area (Å²) in [6.45, 7) is 4.55. The fourth-order valence-corrected chi connectivity index (χ4v) is 3.05. The number of halogens is 1. The van der Waals surface area contributed by atoms with Crippen molar-refractivity contribution in [3.05, 3.63) is 100 Å². The van der Waals surface area contributed by atoms with Crippen molar-refractivity contribution in [3.8, 4) is 11.8 Å². The van der Waals surface area contributed by atoms with Crippen molar-refractivity contribution in [3.63, 3.8) is 0 Å². The molecule has 0 unspecified atom stereocenters. The van der Waals surface area contributed by atoms with Crippen molar-refractivity contribution < 1.29 is 13.9 Å². The van der Waals surface area contributed by atoms with Gasteiger partial charge in [0, 0.05) is 0 Å². The van der Waals surface area contributed by atoms with Crippen LogP contribution in [0.3, 0.4) is 0 Å². The van der Waals surface area contributed by atoms with E-state index in [-0.39, 0.29) is 11.3 Å². The molecule has 0 spiro atoms. The van der Waals surface area contributed by atoms with Gasteiger partial charge in [-0.3, -0.25) is 4.79 Å². The number of rotatable bonds is 6. The highest BCUT2D eigenvalue weighted by atomic mass is 19.1. The summed E-state index contributed by atoms with van der Waals surface area (Å²) in [5, 5.41) is 11.7. The molecule has 0 saturated carbocycles. The number of ether oxygens (including phenoxy) is 1. The van der Waals surface area contributed by atoms with Gasteiger partial charge < -0.3 is 10.1 Å². The molecule has 3 rings (SSSR count). The van der Waals surface area contributed by atoms with Gasteiger partial charge in [-0.1, -0.05) is 53.6 Å². The van der Waals surface area contributed by atoms with Gasteiger partial charge in [0.2, 0.25) is 0 Å². The molecule has 0 aliphatic carbocycles. The van der Waals surface area contributed by atoms with Gasteiger partial charge in [-0.2, -0.15) is 5.26 Å². The van der Waals surface area contributed by atoms with Gasteiger partial charge in [0.1, 0.15) is 29.8 Å². The molecule has 1 amide bonds. The largest absolute Gasteiger partial charge is 0.489 e. The first-order valence-electron chi connectivity index (χ1n) is 9.42. The van der Waals surface area contributed by atoms with Gasteiger partial charge in [0.25, 0.3) is 5.91 Å². The van der Waals surface area contributed by atoms with Crippen LogP contribution in [0, 0.1) is 31.0 Å². The molecule has 0 aliphatic heterocycles. The minimum atomic E-state index is -0.669. The molecule has 0 saturated heterocycles. The summed E-state index contributed by atoms with van der Waals surface area (Å²) in [5.74, 6) is -0.549. The molecule has 0 aliphatic rings. The van der Waals surface area contributed by atoms with Crippen LogP contribution in [0.25, 0.3) is 6.08 Å². The third-order valence-electron chi connectivity index (χ3n) is 4.37. The van der Waals surface area contributed by atoms with E-state index in [1.165, 1.54) is 35.4 Å². The van der Waals surface area contributed by atoms with Crippen LogP contribution in [0.15, 0.2) is 72.3 Å². The molecule has 3 aromatic carbocycles. The first-order chi connectivity index (χ1) is 14.4. The molecule has 0 atom stereocenters. The van der Waals surface area contributed by atoms with Crippen LogP contribution in [0.4, 0.5) is 10.1 Å². The number of aryl methyl sites for hydroxylation is 2. The topological polar surface area (TPSA) is 62.1 Å². The van der Waals surface area contributed by atoms with E-state index >= 15 is 0 Å². The number of benzene rings is 3. The van der Waals surface area contributed by atoms with Crippen LogP contribution in [-0.4, -0.2) is 5.91 Å². The van der Waals surface area contributed by atoms with Crippen LogP contribution in [0.5, 0.6) is 5.75 Å². The van der Waals surface area contributed by atoms with Crippen molar-refractivity contribution in [1.82, 2.24) is 0 Å². The Balaban J connectivity index is 1.66. The van der Waals surface area contributed by atoms with Crippen molar-refractivity contribution in [2.24, 2.45) is 0 Å². The van der Waals surface area contributed by atoms with Crippen molar-refractivity contribution >= 4 is 17.7 Å². The van der Waals surface area contributed by atoms with Crippen LogP contribution in [0.1, 0.15) is 22.3 Å². The zero-order valence-corrected chi connectivity index (χ0v) is 16.8. The molecule has 3 aromatic rings. The van der Waals surface area contributed by atoms with Gasteiger partial charge in [-0.05, 0) is 55.3 Å². The maximum absolute atomic E-state index is 13.7. The minimum Gasteiger partial charge on any atom is -0.489 e. The predicted molar refractivity (Wildman–Crippen MR) is 115 cm³/mol. The Labute approximate surface area is 175 Å². The number of nitriles is 1. The number of carbonyl (C=O) groups excluding carboxylic acids is 1. The van der Waals surface area contributed by atoms with Crippen LogP contribution >= 0.6 is 0 Å². The summed E-state index contributed by atoms with van der Waals surface area (Å²) < 4.78 is 19.5. The predicted octanol–water partition coefficient (Wildman–Crippen LogP) is 5.57. The Morgan fingerprint density at radius 2 is 1.73 bits per heavy atom. The molecule has 0 heterocycles. The number of hydrogen-bond acceptors (Lipinski definition) is 3. The van der Waals surface area contributed by atoms with Crippen LogP contribution < -0.4 is 10.1 Å². The normalized spacial score (nSPS) is 10.9. The Morgan fingerprint density at radius 3 is 2.37 bits per heavy atom. The monoisotopic (exact) mass is 400 g/mol. The molecular formula is C25H21FN2O2. The number of anilines is 1. The number of para-hydroxylation sites is 1. The van der Waals surface area contributed by atoms with Gasteiger partial charge in [0.15, 0.2) is 0 Å². The summed E-state index contributed by atoms with van der Waals surface area (Å²) in [7, 11) is 0. The Kier molecular flexibility index (Phi) is 6.61. The third-order valence-corrected chi connectivity index (χ3v) is 4.37. The quantitative estimate of drug-likeness (QED) is 0.435. The molecule has 0 aromatic heterocycles. The van der Waals surface area contributed by atoms with E-state index in [0.717, 1.165) is 5.56 Å². The van der Waals surface area contributed by atoms with Gasteiger partial charge in [0.05, 0.1) is 5.69 Å². The third kappa shape index (κ3) is 5.55. The zero-order valence-electron chi connectivity index (χ0n) is 16.8. The van der Waals surface area contributed by atoms with Gasteiger partial charge in [-0.15, -0.1) is 0 Å². The van der Waals surface area contributed by atoms with Crippen molar-refractivity contribution in [2.45, 2.75) is 20.5 Å². The van der Waals surface area contributed by atoms with Crippen LogP contribution in [-0.2, 0) is 11.4 Å². The van der Waals surface area contributed by atoms with Gasteiger partial charge >= 0.3 is 0 Å². The van der Waals surface area contributed by atoms with E-state index in [9.17, 15) is 14.4 Å². The Bertz CT molecular complexity index is 1110. The number of nitrogens with zero attached hydrogens (tertiary/aromatic N) is 1. The summed E-state index contributed by atoms with van der Waals surface area (Å²) in [4.78, 5) is 12.3. The Hall–Kier alpha value is -3.91. The fraction of sp³-hybridized carbons (Fsp3) is 0.120. The highest BCUT2D eigenvalue weighted by Crippen LogP contribution is 2.18. The molecule has 150 valence electrons. The van der Waals surface area contributed by atoms with E-state index in [1.54, 1.807) is 30.3 Å². The molecule has 0 fully saturated rings. The van der Waals surface area contributed by atoms with Gasteiger partial charge in [-0.25, -0.2) is 4.39 Å². The summed E-state index contributed by atoms with van der Waals surface area (Å²) in [5.41, 5.74) is 4.03. The first kappa shape index (κ1) is 20.8. The zero-order chi connectivity index (χ0) is 21.5. The molecule has 1 N–H and O–H groups in total. The maximum atomic E-state index is 13.7. The lowest BCUT2D eigenvalue weighted by Crippen LogP contribution is -2.14. The summed E-state index contributed by atoms with van der Waals surface area (Å²) in [6, 6.07) is 21.0. The fourth-order valence-electron chi connectivity index (χ4n) is 3.05. The highest BCUT2D eigenvalue weighted by molar-refractivity contribution is 6.09. The lowest BCUT2D eigenvalue weighted by molar-refractivity contribution is -0.112. The first-order valence-corrected chi connectivity index (χ1v) is 9.42. The maximum Gasteiger partial charge on any atom is 0.266 e. The average Bonchev–Trinajstić information content (AvgIpc) is 2.72. The Morgan fingerprint density at radius 1 is 1.07 bits per heavy atom. The van der Waals surface area contributed by atoms with E-state index < -0.39 is 11.7 Å². The molecule has 5 heteroatoms. The highest BCUT2D eigenvalue weighted by Gasteiger charge is 2.11. The lowest BCUT2D eigenvalue weighted by atomic mass is 10.1. The summed E-state index contributed by atoms with van der Waals surface area (Å²) in [6.07, 6.45) is 1.45. The van der Waals surface area contributed by atoms with E-state index in [0.29, 0.717) is 17.9 Å². The molecule has 30 heavy (non-hydrogen) atoms. The second-order valence-corrected chi connectivity index (χ2v) is 6.96. The molecule has 4 nitrogen and oxygen atoms in total. The SMILES string of the molecule is Cc1cc(C)cc(COc2ccc(/C=C(\C#N)C(=O)Nc3ccccc3F)cc2)c1. The van der Waals surface area contributed by atoms with E-state index in [1.807, 2.05) is 19.9 Å². The lowest BCUT2D eigenvalue weighted by Gasteiger charge is -2.09. The van der Waals surface area contributed by atoms with Crippen LogP contribution in [0.2, 0.25) is 0 Å². The summed E-state index contributed by atoms with van der Waals surface area (Å²) >= 11 is 0. The number of carbonyl (C=O) groups is 1. The second kappa shape index (κ2) is 9.53. The molecular weight excluding hydrogens is 379 g/mol. The van der Waals surface area contributed by atoms with E-state index in [2.05, 4.69) is 23.5 Å². The number of nitrogens with one attached hydrogen (secondary N) is 1. The smallest absolute Gasteiger partial charge is 0.266 e. The molecule has 0 radical (unpaired) electrons.